The van der Waals surface area contributed by atoms with Crippen LogP contribution in [0.15, 0.2) is 24.3 Å². The molecular formula is C17H21ClFN3OS. The van der Waals surface area contributed by atoms with Crippen molar-refractivity contribution in [2.75, 3.05) is 6.54 Å². The van der Waals surface area contributed by atoms with Gasteiger partial charge in [0.1, 0.15) is 10.8 Å². The molecule has 0 saturated heterocycles. The van der Waals surface area contributed by atoms with Gasteiger partial charge in [0.15, 0.2) is 0 Å². The number of hydrogen-bond donors (Lipinski definition) is 2. The molecule has 24 heavy (non-hydrogen) atoms. The van der Waals surface area contributed by atoms with Gasteiger partial charge in [-0.3, -0.25) is 4.79 Å². The fourth-order valence-electron chi connectivity index (χ4n) is 2.80. The lowest BCUT2D eigenvalue weighted by Gasteiger charge is -2.22. The standard InChI is InChI=1S/C17H20FN3OS.ClH/c18-12-8-6-11(7-9-12)17-21-14-4-1-3-13(16(14)23-17)20-15(22)5-2-10-19;/h6-9,13H,1-5,10,19H2,(H,20,22);1H. The molecular weight excluding hydrogens is 349 g/mol. The average Bonchev–Trinajstić information content (AvgIpc) is 2.99. The van der Waals surface area contributed by atoms with Gasteiger partial charge >= 0.3 is 0 Å². The molecule has 1 heterocycles. The number of hydrogen-bond acceptors (Lipinski definition) is 4. The van der Waals surface area contributed by atoms with Crippen molar-refractivity contribution in [2.45, 2.75) is 38.1 Å². The predicted molar refractivity (Wildman–Crippen MR) is 96.9 cm³/mol. The van der Waals surface area contributed by atoms with Gasteiger partial charge < -0.3 is 11.1 Å². The molecule has 7 heteroatoms. The lowest BCUT2D eigenvalue weighted by atomic mass is 9.98. The molecule has 2 aromatic rings. The molecule has 4 nitrogen and oxygen atoms in total. The zero-order valence-corrected chi connectivity index (χ0v) is 14.9. The van der Waals surface area contributed by atoms with Gasteiger partial charge in [-0.05, 0) is 56.5 Å². The third kappa shape index (κ3) is 4.32. The zero-order chi connectivity index (χ0) is 16.2. The maximum Gasteiger partial charge on any atom is 0.220 e. The number of amides is 1. The van der Waals surface area contributed by atoms with E-state index < -0.39 is 0 Å². The molecule has 1 aromatic heterocycles. The van der Waals surface area contributed by atoms with E-state index in [1.807, 2.05) is 0 Å². The van der Waals surface area contributed by atoms with Gasteiger partial charge in [0, 0.05) is 12.0 Å². The molecule has 0 fully saturated rings. The van der Waals surface area contributed by atoms with Crippen molar-refractivity contribution < 1.29 is 9.18 Å². The Morgan fingerprint density at radius 2 is 2.12 bits per heavy atom. The third-order valence-corrected chi connectivity index (χ3v) is 5.25. The van der Waals surface area contributed by atoms with Crippen molar-refractivity contribution in [1.82, 2.24) is 10.3 Å². The molecule has 0 radical (unpaired) electrons. The summed E-state index contributed by atoms with van der Waals surface area (Å²) in [6, 6.07) is 6.42. The minimum absolute atomic E-state index is 0. The Hall–Kier alpha value is -1.50. The number of thiazole rings is 1. The molecule has 0 aliphatic heterocycles. The first-order valence-electron chi connectivity index (χ1n) is 7.92. The normalized spacial score (nSPS) is 16.2. The van der Waals surface area contributed by atoms with Gasteiger partial charge in [-0.25, -0.2) is 9.37 Å². The summed E-state index contributed by atoms with van der Waals surface area (Å²) in [5.41, 5.74) is 7.43. The van der Waals surface area contributed by atoms with E-state index in [4.69, 9.17) is 10.7 Å². The van der Waals surface area contributed by atoms with Crippen LogP contribution in [0.4, 0.5) is 4.39 Å². The summed E-state index contributed by atoms with van der Waals surface area (Å²) in [4.78, 5) is 17.8. The zero-order valence-electron chi connectivity index (χ0n) is 13.3. The molecule has 1 aliphatic carbocycles. The smallest absolute Gasteiger partial charge is 0.220 e. The number of benzene rings is 1. The molecule has 1 atom stereocenters. The van der Waals surface area contributed by atoms with E-state index >= 15 is 0 Å². The second kappa shape index (κ2) is 8.55. The first kappa shape index (κ1) is 18.8. The summed E-state index contributed by atoms with van der Waals surface area (Å²) < 4.78 is 13.1. The number of rotatable bonds is 5. The SMILES string of the molecule is Cl.NCCCC(=O)NC1CCCc2nc(-c3ccc(F)cc3)sc21. The maximum atomic E-state index is 13.1. The molecule has 0 bridgehead atoms. The van der Waals surface area contributed by atoms with Gasteiger partial charge in [-0.1, -0.05) is 0 Å². The largest absolute Gasteiger partial charge is 0.348 e. The monoisotopic (exact) mass is 369 g/mol. The van der Waals surface area contributed by atoms with Gasteiger partial charge in [0.25, 0.3) is 0 Å². The number of nitrogens with two attached hydrogens (primary N) is 1. The first-order chi connectivity index (χ1) is 11.2. The van der Waals surface area contributed by atoms with E-state index in [9.17, 15) is 9.18 Å². The number of nitrogens with zero attached hydrogens (tertiary/aromatic N) is 1. The Morgan fingerprint density at radius 1 is 1.38 bits per heavy atom. The number of nitrogens with one attached hydrogen (secondary N) is 1. The van der Waals surface area contributed by atoms with E-state index in [-0.39, 0.29) is 30.2 Å². The van der Waals surface area contributed by atoms with Crippen LogP contribution in [0.3, 0.4) is 0 Å². The molecule has 1 aliphatic rings. The van der Waals surface area contributed by atoms with Crippen molar-refractivity contribution in [2.24, 2.45) is 5.73 Å². The van der Waals surface area contributed by atoms with Crippen LogP contribution in [0, 0.1) is 5.82 Å². The van der Waals surface area contributed by atoms with Gasteiger partial charge in [0.05, 0.1) is 16.6 Å². The summed E-state index contributed by atoms with van der Waals surface area (Å²) in [6.45, 7) is 0.526. The van der Waals surface area contributed by atoms with Crippen LogP contribution < -0.4 is 11.1 Å². The van der Waals surface area contributed by atoms with Crippen LogP contribution >= 0.6 is 23.7 Å². The highest BCUT2D eigenvalue weighted by Crippen LogP contribution is 2.38. The Bertz CT molecular complexity index is 690. The number of carbonyl (C=O) groups excluding carboxylic acids is 1. The first-order valence-corrected chi connectivity index (χ1v) is 8.74. The molecule has 1 amide bonds. The van der Waals surface area contributed by atoms with Gasteiger partial charge in [-0.2, -0.15) is 0 Å². The summed E-state index contributed by atoms with van der Waals surface area (Å²) >= 11 is 1.60. The molecule has 1 unspecified atom stereocenters. The summed E-state index contributed by atoms with van der Waals surface area (Å²) in [5.74, 6) is -0.204. The molecule has 0 saturated carbocycles. The lowest BCUT2D eigenvalue weighted by Crippen LogP contribution is -2.30. The molecule has 0 spiro atoms. The van der Waals surface area contributed by atoms with E-state index in [2.05, 4.69) is 5.32 Å². The van der Waals surface area contributed by atoms with Crippen LogP contribution in [0.2, 0.25) is 0 Å². The average molecular weight is 370 g/mol. The maximum absolute atomic E-state index is 13.1. The Labute approximate surface area is 151 Å². The summed E-state index contributed by atoms with van der Waals surface area (Å²) in [6.07, 6.45) is 4.05. The molecule has 3 rings (SSSR count). The highest BCUT2D eigenvalue weighted by molar-refractivity contribution is 7.15. The van der Waals surface area contributed by atoms with E-state index in [0.29, 0.717) is 19.4 Å². The van der Waals surface area contributed by atoms with Crippen molar-refractivity contribution >= 4 is 29.7 Å². The molecule has 3 N–H and O–H groups in total. The highest BCUT2D eigenvalue weighted by atomic mass is 35.5. The second-order valence-corrected chi connectivity index (χ2v) is 6.77. The van der Waals surface area contributed by atoms with Gasteiger partial charge in [-0.15, -0.1) is 23.7 Å². The number of carbonyl (C=O) groups is 1. The Morgan fingerprint density at radius 3 is 2.83 bits per heavy atom. The quantitative estimate of drug-likeness (QED) is 0.846. The fourth-order valence-corrected chi connectivity index (χ4v) is 4.01. The summed E-state index contributed by atoms with van der Waals surface area (Å²) in [5, 5.41) is 3.99. The van der Waals surface area contributed by atoms with Crippen LogP contribution in [0.1, 0.15) is 42.3 Å². The number of aryl methyl sites for hydroxylation is 1. The van der Waals surface area contributed by atoms with E-state index in [1.165, 1.54) is 12.1 Å². The van der Waals surface area contributed by atoms with E-state index in [0.717, 1.165) is 40.4 Å². The topological polar surface area (TPSA) is 68.0 Å². The minimum atomic E-state index is -0.250. The van der Waals surface area contributed by atoms with Crippen LogP contribution in [-0.2, 0) is 11.2 Å². The molecule has 130 valence electrons. The van der Waals surface area contributed by atoms with Crippen molar-refractivity contribution in [1.29, 1.82) is 0 Å². The lowest BCUT2D eigenvalue weighted by molar-refractivity contribution is -0.122. The number of halogens is 2. The number of fused-ring (bicyclic) bond motifs is 1. The van der Waals surface area contributed by atoms with Crippen molar-refractivity contribution in [3.63, 3.8) is 0 Å². The fraction of sp³-hybridized carbons (Fsp3) is 0.412. The Kier molecular flexibility index (Phi) is 6.71. The molecule has 1 aromatic carbocycles. The van der Waals surface area contributed by atoms with E-state index in [1.54, 1.807) is 23.5 Å². The van der Waals surface area contributed by atoms with Crippen LogP contribution in [0.25, 0.3) is 10.6 Å². The number of aromatic nitrogens is 1. The minimum Gasteiger partial charge on any atom is -0.348 e. The predicted octanol–water partition coefficient (Wildman–Crippen LogP) is 3.60. The Balaban J connectivity index is 0.00000208. The van der Waals surface area contributed by atoms with Crippen molar-refractivity contribution in [3.8, 4) is 10.6 Å². The van der Waals surface area contributed by atoms with Crippen LogP contribution in [0.5, 0.6) is 0 Å². The van der Waals surface area contributed by atoms with Gasteiger partial charge in [0.2, 0.25) is 5.91 Å². The van der Waals surface area contributed by atoms with Crippen molar-refractivity contribution in [3.05, 3.63) is 40.7 Å². The van der Waals surface area contributed by atoms with Crippen LogP contribution in [-0.4, -0.2) is 17.4 Å². The highest BCUT2D eigenvalue weighted by Gasteiger charge is 2.26. The second-order valence-electron chi connectivity index (χ2n) is 5.74. The summed E-state index contributed by atoms with van der Waals surface area (Å²) in [7, 11) is 0. The third-order valence-electron chi connectivity index (χ3n) is 3.98.